The molecular weight excluding hydrogens is 314 g/mol. The lowest BCUT2D eigenvalue weighted by Crippen LogP contribution is -2.23. The van der Waals surface area contributed by atoms with E-state index in [4.69, 9.17) is 4.74 Å². The molecule has 1 aliphatic carbocycles. The summed E-state index contributed by atoms with van der Waals surface area (Å²) in [6.45, 7) is 0.356. The third-order valence-electron chi connectivity index (χ3n) is 3.75. The van der Waals surface area contributed by atoms with Crippen LogP contribution in [-0.2, 0) is 6.54 Å². The van der Waals surface area contributed by atoms with Crippen molar-refractivity contribution in [2.75, 3.05) is 7.11 Å². The number of amides is 1. The fraction of sp³-hybridized carbons (Fsp3) is 0.333. The minimum absolute atomic E-state index is 0.184. The van der Waals surface area contributed by atoms with Crippen LogP contribution in [0, 0.1) is 0 Å². The van der Waals surface area contributed by atoms with Crippen LogP contribution in [0.4, 0.5) is 0 Å². The van der Waals surface area contributed by atoms with Gasteiger partial charge in [-0.05, 0) is 25.0 Å². The van der Waals surface area contributed by atoms with E-state index in [2.05, 4.69) is 20.6 Å². The molecule has 0 radical (unpaired) electrons. The SMILES string of the molecule is COc1ccccc1C(=O)NCc1nn2c(C3CC3)nnc2s1. The predicted octanol–water partition coefficient (Wildman–Crippen LogP) is 2.00. The molecule has 1 fully saturated rings. The van der Waals surface area contributed by atoms with Gasteiger partial charge in [0.25, 0.3) is 5.91 Å². The largest absolute Gasteiger partial charge is 0.496 e. The first-order valence-corrected chi connectivity index (χ1v) is 8.20. The van der Waals surface area contributed by atoms with Gasteiger partial charge in [-0.15, -0.1) is 10.2 Å². The van der Waals surface area contributed by atoms with Gasteiger partial charge < -0.3 is 10.1 Å². The summed E-state index contributed by atoms with van der Waals surface area (Å²) in [5.41, 5.74) is 0.511. The van der Waals surface area contributed by atoms with Crippen LogP contribution in [0.2, 0.25) is 0 Å². The van der Waals surface area contributed by atoms with Crippen molar-refractivity contribution in [2.45, 2.75) is 25.3 Å². The van der Waals surface area contributed by atoms with Gasteiger partial charge in [0.15, 0.2) is 5.82 Å². The lowest BCUT2D eigenvalue weighted by atomic mass is 10.2. The van der Waals surface area contributed by atoms with E-state index >= 15 is 0 Å². The highest BCUT2D eigenvalue weighted by molar-refractivity contribution is 7.16. The Labute approximate surface area is 136 Å². The molecule has 4 rings (SSSR count). The quantitative estimate of drug-likeness (QED) is 0.774. The van der Waals surface area contributed by atoms with Crippen LogP contribution in [0.5, 0.6) is 5.75 Å². The Morgan fingerprint density at radius 2 is 2.22 bits per heavy atom. The summed E-state index contributed by atoms with van der Waals surface area (Å²) in [7, 11) is 1.55. The summed E-state index contributed by atoms with van der Waals surface area (Å²) in [5, 5.41) is 16.5. The second-order valence-electron chi connectivity index (χ2n) is 5.41. The van der Waals surface area contributed by atoms with Crippen molar-refractivity contribution in [3.63, 3.8) is 0 Å². The molecule has 23 heavy (non-hydrogen) atoms. The number of nitrogens with zero attached hydrogens (tertiary/aromatic N) is 4. The van der Waals surface area contributed by atoms with Crippen LogP contribution >= 0.6 is 11.3 Å². The van der Waals surface area contributed by atoms with Crippen LogP contribution in [0.25, 0.3) is 4.96 Å². The van der Waals surface area contributed by atoms with E-state index < -0.39 is 0 Å². The normalized spacial score (nSPS) is 14.1. The number of nitrogens with one attached hydrogen (secondary N) is 1. The summed E-state index contributed by atoms with van der Waals surface area (Å²) in [6, 6.07) is 7.14. The molecule has 0 aliphatic heterocycles. The Morgan fingerprint density at radius 1 is 1.39 bits per heavy atom. The number of benzene rings is 1. The van der Waals surface area contributed by atoms with Crippen molar-refractivity contribution in [1.82, 2.24) is 25.1 Å². The summed E-state index contributed by atoms with van der Waals surface area (Å²) >= 11 is 1.44. The van der Waals surface area contributed by atoms with Gasteiger partial charge >= 0.3 is 0 Å². The van der Waals surface area contributed by atoms with Crippen molar-refractivity contribution in [2.24, 2.45) is 0 Å². The van der Waals surface area contributed by atoms with Gasteiger partial charge in [-0.25, -0.2) is 0 Å². The molecule has 1 aromatic carbocycles. The monoisotopic (exact) mass is 329 g/mol. The van der Waals surface area contributed by atoms with E-state index in [1.165, 1.54) is 11.3 Å². The predicted molar refractivity (Wildman–Crippen MR) is 84.8 cm³/mol. The molecule has 3 aromatic rings. The molecule has 1 amide bonds. The fourth-order valence-electron chi connectivity index (χ4n) is 2.42. The van der Waals surface area contributed by atoms with Gasteiger partial charge in [0.05, 0.1) is 19.2 Å². The average Bonchev–Trinajstić information content (AvgIpc) is 3.22. The van der Waals surface area contributed by atoms with Crippen LogP contribution in [0.3, 0.4) is 0 Å². The standard InChI is InChI=1S/C15H15N5O2S/c1-22-11-5-3-2-4-10(11)14(21)16-8-12-19-20-13(9-6-7-9)17-18-15(20)23-12/h2-5,9H,6-8H2,1H3,(H,16,21). The average molecular weight is 329 g/mol. The molecule has 2 heterocycles. The molecule has 0 spiro atoms. The highest BCUT2D eigenvalue weighted by atomic mass is 32.1. The van der Waals surface area contributed by atoms with E-state index in [1.807, 2.05) is 12.1 Å². The molecule has 0 saturated heterocycles. The summed E-state index contributed by atoms with van der Waals surface area (Å²) in [4.78, 5) is 13.1. The van der Waals surface area contributed by atoms with Crippen LogP contribution in [0.1, 0.15) is 39.9 Å². The number of carbonyl (C=O) groups is 1. The van der Waals surface area contributed by atoms with Crippen molar-refractivity contribution in [3.8, 4) is 5.75 Å². The third-order valence-corrected chi connectivity index (χ3v) is 4.65. The molecule has 0 bridgehead atoms. The Balaban J connectivity index is 1.49. The minimum Gasteiger partial charge on any atom is -0.496 e. The molecule has 1 N–H and O–H groups in total. The first-order chi connectivity index (χ1) is 11.3. The molecule has 7 nitrogen and oxygen atoms in total. The maximum atomic E-state index is 12.3. The van der Waals surface area contributed by atoms with E-state index in [9.17, 15) is 4.79 Å². The van der Waals surface area contributed by atoms with Gasteiger partial charge in [0.2, 0.25) is 4.96 Å². The number of aromatic nitrogens is 4. The van der Waals surface area contributed by atoms with Gasteiger partial charge in [0.1, 0.15) is 10.8 Å². The zero-order valence-electron chi connectivity index (χ0n) is 12.5. The van der Waals surface area contributed by atoms with Gasteiger partial charge in [-0.2, -0.15) is 9.61 Å². The summed E-state index contributed by atoms with van der Waals surface area (Å²) in [5.74, 6) is 1.79. The second-order valence-corrected chi connectivity index (χ2v) is 6.45. The zero-order valence-corrected chi connectivity index (χ0v) is 13.3. The number of ether oxygens (including phenoxy) is 1. The summed E-state index contributed by atoms with van der Waals surface area (Å²) in [6.07, 6.45) is 2.30. The topological polar surface area (TPSA) is 81.4 Å². The maximum absolute atomic E-state index is 12.3. The van der Waals surface area contributed by atoms with Crippen molar-refractivity contribution in [1.29, 1.82) is 0 Å². The van der Waals surface area contributed by atoms with Crippen molar-refractivity contribution < 1.29 is 9.53 Å². The Hall–Kier alpha value is -2.48. The van der Waals surface area contributed by atoms with E-state index in [-0.39, 0.29) is 5.91 Å². The van der Waals surface area contributed by atoms with E-state index in [1.54, 1.807) is 23.8 Å². The van der Waals surface area contributed by atoms with Crippen LogP contribution < -0.4 is 10.1 Å². The van der Waals surface area contributed by atoms with Gasteiger partial charge in [0, 0.05) is 5.92 Å². The molecule has 1 saturated carbocycles. The zero-order chi connectivity index (χ0) is 15.8. The Bertz CT molecular complexity index is 868. The number of para-hydroxylation sites is 1. The molecule has 0 unspecified atom stereocenters. The lowest BCUT2D eigenvalue weighted by molar-refractivity contribution is 0.0947. The molecular formula is C15H15N5O2S. The molecule has 8 heteroatoms. The minimum atomic E-state index is -0.184. The smallest absolute Gasteiger partial charge is 0.255 e. The lowest BCUT2D eigenvalue weighted by Gasteiger charge is -2.07. The number of methoxy groups -OCH3 is 1. The van der Waals surface area contributed by atoms with E-state index in [0.717, 1.165) is 28.6 Å². The molecule has 1 aliphatic rings. The molecule has 0 atom stereocenters. The highest BCUT2D eigenvalue weighted by Gasteiger charge is 2.30. The number of hydrogen-bond donors (Lipinski definition) is 1. The summed E-state index contributed by atoms with van der Waals surface area (Å²) < 4.78 is 7.01. The molecule has 2 aromatic heterocycles. The first-order valence-electron chi connectivity index (χ1n) is 7.38. The van der Waals surface area contributed by atoms with E-state index in [0.29, 0.717) is 23.8 Å². The van der Waals surface area contributed by atoms with Gasteiger partial charge in [-0.1, -0.05) is 23.5 Å². The first kappa shape index (κ1) is 14.1. The fourth-order valence-corrected chi connectivity index (χ4v) is 3.20. The van der Waals surface area contributed by atoms with Crippen molar-refractivity contribution >= 4 is 22.2 Å². The number of rotatable bonds is 5. The number of fused-ring (bicyclic) bond motifs is 1. The van der Waals surface area contributed by atoms with Crippen LogP contribution in [0.15, 0.2) is 24.3 Å². The molecule has 118 valence electrons. The maximum Gasteiger partial charge on any atom is 0.255 e. The number of hydrogen-bond acceptors (Lipinski definition) is 6. The van der Waals surface area contributed by atoms with Gasteiger partial charge in [-0.3, -0.25) is 4.79 Å². The second kappa shape index (κ2) is 5.62. The van der Waals surface area contributed by atoms with Crippen molar-refractivity contribution in [3.05, 3.63) is 40.7 Å². The number of carbonyl (C=O) groups excluding carboxylic acids is 1. The van der Waals surface area contributed by atoms with Crippen LogP contribution in [-0.4, -0.2) is 32.8 Å². The highest BCUT2D eigenvalue weighted by Crippen LogP contribution is 2.39. The third kappa shape index (κ3) is 2.65. The Kier molecular flexibility index (Phi) is 3.45. The Morgan fingerprint density at radius 3 is 3.00 bits per heavy atom.